The van der Waals surface area contributed by atoms with Gasteiger partial charge in [-0.15, -0.1) is 0 Å². The number of ether oxygens (including phenoxy) is 2. The average molecular weight is 308 g/mol. The zero-order valence-corrected chi connectivity index (χ0v) is 12.8. The lowest BCUT2D eigenvalue weighted by molar-refractivity contribution is -0.0563. The van der Waals surface area contributed by atoms with E-state index in [1.54, 1.807) is 18.5 Å². The number of aliphatic hydroxyl groups excluding tert-OH is 1. The van der Waals surface area contributed by atoms with Crippen LogP contribution in [0.1, 0.15) is 6.42 Å². The van der Waals surface area contributed by atoms with Gasteiger partial charge < -0.3 is 19.9 Å². The summed E-state index contributed by atoms with van der Waals surface area (Å²) < 4.78 is 11.8. The summed E-state index contributed by atoms with van der Waals surface area (Å²) in [6.45, 7) is 5.38. The first-order valence-corrected chi connectivity index (χ1v) is 7.85. The molecule has 0 bridgehead atoms. The van der Waals surface area contributed by atoms with Crippen LogP contribution < -0.4 is 5.32 Å². The van der Waals surface area contributed by atoms with Crippen LogP contribution in [0.25, 0.3) is 0 Å². The molecule has 1 aromatic rings. The van der Waals surface area contributed by atoms with Crippen molar-refractivity contribution in [3.05, 3.63) is 18.5 Å². The molecule has 2 saturated heterocycles. The summed E-state index contributed by atoms with van der Waals surface area (Å²) >= 11 is 0. The second kappa shape index (κ2) is 7.32. The molecule has 0 saturated carbocycles. The molecule has 22 heavy (non-hydrogen) atoms. The van der Waals surface area contributed by atoms with E-state index in [0.717, 1.165) is 32.7 Å². The van der Waals surface area contributed by atoms with Gasteiger partial charge in [0.2, 0.25) is 5.95 Å². The van der Waals surface area contributed by atoms with Gasteiger partial charge in [-0.1, -0.05) is 0 Å². The maximum atomic E-state index is 9.16. The summed E-state index contributed by atoms with van der Waals surface area (Å²) in [4.78, 5) is 10.6. The van der Waals surface area contributed by atoms with E-state index in [-0.39, 0.29) is 12.2 Å². The Kier molecular flexibility index (Phi) is 5.20. The third kappa shape index (κ3) is 3.92. The van der Waals surface area contributed by atoms with Crippen LogP contribution >= 0.6 is 0 Å². The molecular weight excluding hydrogens is 284 g/mol. The van der Waals surface area contributed by atoms with Gasteiger partial charge in [-0.25, -0.2) is 9.97 Å². The van der Waals surface area contributed by atoms with E-state index in [4.69, 9.17) is 14.6 Å². The Morgan fingerprint density at radius 2 is 2.27 bits per heavy atom. The molecular formula is C15H24N4O3. The Labute approximate surface area is 130 Å². The fourth-order valence-electron chi connectivity index (χ4n) is 3.22. The van der Waals surface area contributed by atoms with E-state index >= 15 is 0 Å². The molecule has 7 nitrogen and oxygen atoms in total. The molecule has 0 aliphatic carbocycles. The number of nitrogens with one attached hydrogen (secondary N) is 1. The van der Waals surface area contributed by atoms with Gasteiger partial charge in [0.15, 0.2) is 0 Å². The lowest BCUT2D eigenvalue weighted by atomic mass is 9.94. The minimum absolute atomic E-state index is 0.173. The highest BCUT2D eigenvalue weighted by Gasteiger charge is 2.43. The molecule has 1 aromatic heterocycles. The minimum Gasteiger partial charge on any atom is -0.395 e. The van der Waals surface area contributed by atoms with Crippen molar-refractivity contribution < 1.29 is 14.6 Å². The number of β-amino-alcohol motifs (C(OH)–C–C–N with tert-alkyl or cyclic N) is 1. The minimum atomic E-state index is -0.241. The van der Waals surface area contributed by atoms with Crippen molar-refractivity contribution in [2.75, 3.05) is 57.9 Å². The highest BCUT2D eigenvalue weighted by Crippen LogP contribution is 2.32. The molecule has 3 rings (SSSR count). The van der Waals surface area contributed by atoms with Crippen LogP contribution in [0.4, 0.5) is 5.95 Å². The number of aliphatic hydroxyl groups is 1. The molecule has 3 heterocycles. The average Bonchev–Trinajstić information content (AvgIpc) is 2.82. The van der Waals surface area contributed by atoms with Crippen LogP contribution in [0.3, 0.4) is 0 Å². The standard InChI is InChI=1S/C15H24N4O3/c20-6-4-19-5-7-21-12-15(11-19)8-13(10-22-15)9-18-14-16-2-1-3-17-14/h1-3,13,20H,4-12H2,(H,16,17,18)/t13-,15-/m0/s1. The largest absolute Gasteiger partial charge is 0.395 e. The monoisotopic (exact) mass is 308 g/mol. The normalized spacial score (nSPS) is 29.6. The summed E-state index contributed by atoms with van der Waals surface area (Å²) in [6, 6.07) is 1.80. The van der Waals surface area contributed by atoms with Crippen molar-refractivity contribution >= 4 is 5.95 Å². The van der Waals surface area contributed by atoms with Crippen LogP contribution in [0.2, 0.25) is 0 Å². The molecule has 2 N–H and O–H groups in total. The second-order valence-corrected chi connectivity index (χ2v) is 6.07. The van der Waals surface area contributed by atoms with Gasteiger partial charge in [-0.2, -0.15) is 0 Å². The number of aromatic nitrogens is 2. The van der Waals surface area contributed by atoms with Gasteiger partial charge in [-0.05, 0) is 12.5 Å². The van der Waals surface area contributed by atoms with E-state index in [1.807, 2.05) is 0 Å². The molecule has 7 heteroatoms. The van der Waals surface area contributed by atoms with Gasteiger partial charge in [0.1, 0.15) is 5.60 Å². The second-order valence-electron chi connectivity index (χ2n) is 6.07. The van der Waals surface area contributed by atoms with Crippen molar-refractivity contribution in [2.24, 2.45) is 5.92 Å². The lowest BCUT2D eigenvalue weighted by Crippen LogP contribution is -2.45. The fraction of sp³-hybridized carbons (Fsp3) is 0.733. The number of nitrogens with zero attached hydrogens (tertiary/aromatic N) is 3. The topological polar surface area (TPSA) is 79.7 Å². The quantitative estimate of drug-likeness (QED) is 0.792. The third-order valence-electron chi connectivity index (χ3n) is 4.25. The third-order valence-corrected chi connectivity index (χ3v) is 4.25. The SMILES string of the molecule is OCCN1CCOC[C@]2(C[C@@H](CNc3ncccn3)CO2)C1. The van der Waals surface area contributed by atoms with E-state index in [2.05, 4.69) is 20.2 Å². The summed E-state index contributed by atoms with van der Waals surface area (Å²) in [7, 11) is 0. The number of rotatable bonds is 5. The lowest BCUT2D eigenvalue weighted by Gasteiger charge is -2.30. The van der Waals surface area contributed by atoms with E-state index < -0.39 is 0 Å². The van der Waals surface area contributed by atoms with Crippen molar-refractivity contribution in [1.82, 2.24) is 14.9 Å². The van der Waals surface area contributed by atoms with Gasteiger partial charge in [0.05, 0.1) is 26.4 Å². The molecule has 2 aliphatic rings. The summed E-state index contributed by atoms with van der Waals surface area (Å²) in [5.74, 6) is 1.07. The first-order valence-electron chi connectivity index (χ1n) is 7.85. The van der Waals surface area contributed by atoms with Gasteiger partial charge in [0.25, 0.3) is 0 Å². The molecule has 0 radical (unpaired) electrons. The first kappa shape index (κ1) is 15.6. The Hall–Kier alpha value is -1.28. The van der Waals surface area contributed by atoms with E-state index in [9.17, 15) is 0 Å². The van der Waals surface area contributed by atoms with Crippen LogP contribution in [0.15, 0.2) is 18.5 Å². The van der Waals surface area contributed by atoms with Gasteiger partial charge in [0, 0.05) is 44.5 Å². The molecule has 2 atom stereocenters. The Morgan fingerprint density at radius 1 is 1.41 bits per heavy atom. The van der Waals surface area contributed by atoms with Crippen LogP contribution in [-0.4, -0.2) is 78.2 Å². The number of hydrogen-bond acceptors (Lipinski definition) is 7. The van der Waals surface area contributed by atoms with Gasteiger partial charge in [-0.3, -0.25) is 4.90 Å². The highest BCUT2D eigenvalue weighted by atomic mass is 16.5. The zero-order chi connectivity index (χ0) is 15.3. The zero-order valence-electron chi connectivity index (χ0n) is 12.8. The van der Waals surface area contributed by atoms with Crippen molar-refractivity contribution in [3.8, 4) is 0 Å². The van der Waals surface area contributed by atoms with Gasteiger partial charge >= 0.3 is 0 Å². The van der Waals surface area contributed by atoms with Crippen molar-refractivity contribution in [3.63, 3.8) is 0 Å². The molecule has 122 valence electrons. The molecule has 0 aromatic carbocycles. The van der Waals surface area contributed by atoms with Crippen LogP contribution in [-0.2, 0) is 9.47 Å². The molecule has 1 spiro atoms. The van der Waals surface area contributed by atoms with Crippen LogP contribution in [0, 0.1) is 5.92 Å². The Balaban J connectivity index is 1.53. The van der Waals surface area contributed by atoms with Crippen LogP contribution in [0.5, 0.6) is 0 Å². The highest BCUT2D eigenvalue weighted by molar-refractivity contribution is 5.22. The molecule has 2 aliphatic heterocycles. The summed E-state index contributed by atoms with van der Waals surface area (Å²) in [6.07, 6.45) is 4.41. The van der Waals surface area contributed by atoms with E-state index in [1.165, 1.54) is 0 Å². The summed E-state index contributed by atoms with van der Waals surface area (Å²) in [5.41, 5.74) is -0.241. The predicted molar refractivity (Wildman–Crippen MR) is 81.7 cm³/mol. The molecule has 0 amide bonds. The number of anilines is 1. The van der Waals surface area contributed by atoms with Crippen molar-refractivity contribution in [2.45, 2.75) is 12.0 Å². The maximum absolute atomic E-state index is 9.16. The molecule has 2 fully saturated rings. The van der Waals surface area contributed by atoms with Crippen molar-refractivity contribution in [1.29, 1.82) is 0 Å². The Bertz CT molecular complexity index is 461. The fourth-order valence-corrected chi connectivity index (χ4v) is 3.22. The van der Waals surface area contributed by atoms with E-state index in [0.29, 0.717) is 31.6 Å². The smallest absolute Gasteiger partial charge is 0.222 e. The first-order chi connectivity index (χ1) is 10.8. The Morgan fingerprint density at radius 3 is 3.09 bits per heavy atom. The number of hydrogen-bond donors (Lipinski definition) is 2. The maximum Gasteiger partial charge on any atom is 0.222 e. The predicted octanol–water partition coefficient (Wildman–Crippen LogP) is -0.0117. The molecule has 0 unspecified atom stereocenters. The summed E-state index contributed by atoms with van der Waals surface area (Å²) in [5, 5.41) is 12.4.